The van der Waals surface area contributed by atoms with Gasteiger partial charge in [-0.05, 0) is 42.5 Å². The fourth-order valence-corrected chi connectivity index (χ4v) is 2.75. The molecule has 0 radical (unpaired) electrons. The standard InChI is InChI=1S/C17H21N3/c1-13-5-3-9-19-16(13)12-18-11-15-7-2-6-14-8-4-10-20-17(14)15/h2-3,5-7,9,18,20H,4,8,10-12H2,1H3. The van der Waals surface area contributed by atoms with E-state index in [0.717, 1.165) is 25.3 Å². The number of aryl methyl sites for hydroxylation is 2. The minimum atomic E-state index is 0.816. The Morgan fingerprint density at radius 3 is 3.05 bits per heavy atom. The van der Waals surface area contributed by atoms with E-state index in [1.54, 1.807) is 0 Å². The summed E-state index contributed by atoms with van der Waals surface area (Å²) in [6.07, 6.45) is 4.28. The molecule has 0 spiro atoms. The van der Waals surface area contributed by atoms with Crippen molar-refractivity contribution < 1.29 is 0 Å². The molecule has 0 atom stereocenters. The van der Waals surface area contributed by atoms with E-state index < -0.39 is 0 Å². The Morgan fingerprint density at radius 2 is 2.15 bits per heavy atom. The van der Waals surface area contributed by atoms with Crippen LogP contribution in [-0.4, -0.2) is 11.5 Å². The predicted octanol–water partition coefficient (Wildman–Crippen LogP) is 3.04. The maximum absolute atomic E-state index is 4.42. The highest BCUT2D eigenvalue weighted by Crippen LogP contribution is 2.25. The summed E-state index contributed by atoms with van der Waals surface area (Å²) in [5, 5.41) is 7.04. The van der Waals surface area contributed by atoms with Crippen LogP contribution in [0.2, 0.25) is 0 Å². The molecule has 2 heterocycles. The number of pyridine rings is 1. The second kappa shape index (κ2) is 6.06. The third-order valence-electron chi connectivity index (χ3n) is 3.89. The highest BCUT2D eigenvalue weighted by Gasteiger charge is 2.11. The van der Waals surface area contributed by atoms with E-state index in [4.69, 9.17) is 0 Å². The lowest BCUT2D eigenvalue weighted by Crippen LogP contribution is -2.19. The maximum atomic E-state index is 4.42. The highest BCUT2D eigenvalue weighted by molar-refractivity contribution is 5.59. The lowest BCUT2D eigenvalue weighted by Gasteiger charge is -2.21. The molecule has 0 amide bonds. The lowest BCUT2D eigenvalue weighted by molar-refractivity contribution is 0.674. The van der Waals surface area contributed by atoms with Crippen molar-refractivity contribution in [1.29, 1.82) is 0 Å². The molecular weight excluding hydrogens is 246 g/mol. The molecule has 20 heavy (non-hydrogen) atoms. The van der Waals surface area contributed by atoms with Crippen LogP contribution in [0.4, 0.5) is 5.69 Å². The van der Waals surface area contributed by atoms with Crippen LogP contribution in [0.1, 0.15) is 28.8 Å². The zero-order chi connectivity index (χ0) is 13.8. The number of rotatable bonds is 4. The number of benzene rings is 1. The maximum Gasteiger partial charge on any atom is 0.0570 e. The molecule has 104 valence electrons. The number of hydrogen-bond donors (Lipinski definition) is 2. The van der Waals surface area contributed by atoms with Crippen LogP contribution in [0.5, 0.6) is 0 Å². The first-order chi connectivity index (χ1) is 9.84. The number of hydrogen-bond acceptors (Lipinski definition) is 3. The summed E-state index contributed by atoms with van der Waals surface area (Å²) in [5.41, 5.74) is 6.52. The van der Waals surface area contributed by atoms with Crippen LogP contribution in [0.25, 0.3) is 0 Å². The third-order valence-corrected chi connectivity index (χ3v) is 3.89. The van der Waals surface area contributed by atoms with Gasteiger partial charge in [0.2, 0.25) is 0 Å². The van der Waals surface area contributed by atoms with Crippen LogP contribution in [0.3, 0.4) is 0 Å². The van der Waals surface area contributed by atoms with Gasteiger partial charge in [0.05, 0.1) is 5.69 Å². The van der Waals surface area contributed by atoms with E-state index in [1.165, 1.54) is 35.2 Å². The topological polar surface area (TPSA) is 37.0 Å². The number of para-hydroxylation sites is 1. The van der Waals surface area contributed by atoms with Crippen LogP contribution < -0.4 is 10.6 Å². The minimum absolute atomic E-state index is 0.816. The molecule has 0 aliphatic carbocycles. The van der Waals surface area contributed by atoms with E-state index in [0.29, 0.717) is 0 Å². The molecule has 2 aromatic rings. The average Bonchev–Trinajstić information content (AvgIpc) is 2.49. The van der Waals surface area contributed by atoms with E-state index in [2.05, 4.69) is 46.8 Å². The summed E-state index contributed by atoms with van der Waals surface area (Å²) in [7, 11) is 0. The summed E-state index contributed by atoms with van der Waals surface area (Å²) < 4.78 is 0. The molecule has 0 saturated carbocycles. The monoisotopic (exact) mass is 267 g/mol. The van der Waals surface area contributed by atoms with Gasteiger partial charge in [-0.15, -0.1) is 0 Å². The van der Waals surface area contributed by atoms with Crippen LogP contribution >= 0.6 is 0 Å². The van der Waals surface area contributed by atoms with Gasteiger partial charge in [0.1, 0.15) is 0 Å². The van der Waals surface area contributed by atoms with E-state index in [1.807, 2.05) is 12.3 Å². The summed E-state index contributed by atoms with van der Waals surface area (Å²) in [4.78, 5) is 4.42. The molecule has 1 aliphatic heterocycles. The third kappa shape index (κ3) is 2.83. The molecule has 3 nitrogen and oxygen atoms in total. The zero-order valence-electron chi connectivity index (χ0n) is 11.9. The van der Waals surface area contributed by atoms with E-state index in [-0.39, 0.29) is 0 Å². The van der Waals surface area contributed by atoms with Crippen molar-refractivity contribution >= 4 is 5.69 Å². The van der Waals surface area contributed by atoms with E-state index in [9.17, 15) is 0 Å². The molecule has 0 fully saturated rings. The lowest BCUT2D eigenvalue weighted by atomic mass is 9.99. The summed E-state index contributed by atoms with van der Waals surface area (Å²) in [6, 6.07) is 10.7. The SMILES string of the molecule is Cc1cccnc1CNCc1cccc2c1NCCC2. The van der Waals surface area contributed by atoms with Gasteiger partial charge in [-0.1, -0.05) is 24.3 Å². The Labute approximate surface area is 120 Å². The van der Waals surface area contributed by atoms with Gasteiger partial charge in [-0.25, -0.2) is 0 Å². The molecule has 3 heteroatoms. The molecule has 0 unspecified atom stereocenters. The van der Waals surface area contributed by atoms with Gasteiger partial charge in [0, 0.05) is 31.5 Å². The van der Waals surface area contributed by atoms with Gasteiger partial charge < -0.3 is 10.6 Å². The van der Waals surface area contributed by atoms with Gasteiger partial charge in [-0.2, -0.15) is 0 Å². The number of aromatic nitrogens is 1. The molecule has 3 rings (SSSR count). The number of anilines is 1. The summed E-state index contributed by atoms with van der Waals surface area (Å²) in [5.74, 6) is 0. The predicted molar refractivity (Wildman–Crippen MR) is 82.8 cm³/mol. The molecule has 1 aromatic heterocycles. The fourth-order valence-electron chi connectivity index (χ4n) is 2.75. The second-order valence-electron chi connectivity index (χ2n) is 5.35. The Bertz CT molecular complexity index is 593. The Hall–Kier alpha value is -1.87. The van der Waals surface area contributed by atoms with Crippen molar-refractivity contribution in [3.05, 3.63) is 58.9 Å². The molecule has 0 bridgehead atoms. The summed E-state index contributed by atoms with van der Waals surface area (Å²) in [6.45, 7) is 4.89. The van der Waals surface area contributed by atoms with Crippen LogP contribution in [-0.2, 0) is 19.5 Å². The van der Waals surface area contributed by atoms with Crippen molar-refractivity contribution in [2.75, 3.05) is 11.9 Å². The van der Waals surface area contributed by atoms with Gasteiger partial charge in [0.25, 0.3) is 0 Å². The first-order valence-electron chi connectivity index (χ1n) is 7.30. The van der Waals surface area contributed by atoms with Crippen molar-refractivity contribution in [1.82, 2.24) is 10.3 Å². The highest BCUT2D eigenvalue weighted by atomic mass is 14.9. The molecule has 2 N–H and O–H groups in total. The molecule has 1 aliphatic rings. The van der Waals surface area contributed by atoms with Crippen molar-refractivity contribution in [3.8, 4) is 0 Å². The Kier molecular flexibility index (Phi) is 3.97. The Balaban J connectivity index is 1.66. The van der Waals surface area contributed by atoms with Crippen LogP contribution in [0, 0.1) is 6.92 Å². The van der Waals surface area contributed by atoms with Gasteiger partial charge >= 0.3 is 0 Å². The van der Waals surface area contributed by atoms with E-state index >= 15 is 0 Å². The van der Waals surface area contributed by atoms with Crippen molar-refractivity contribution in [2.24, 2.45) is 0 Å². The number of nitrogens with one attached hydrogen (secondary N) is 2. The summed E-state index contributed by atoms with van der Waals surface area (Å²) >= 11 is 0. The second-order valence-corrected chi connectivity index (χ2v) is 5.35. The van der Waals surface area contributed by atoms with Gasteiger partial charge in [0.15, 0.2) is 0 Å². The first kappa shape index (κ1) is 13.1. The normalized spacial score (nSPS) is 13.7. The molecule has 1 aromatic carbocycles. The quantitative estimate of drug-likeness (QED) is 0.894. The van der Waals surface area contributed by atoms with Crippen molar-refractivity contribution in [2.45, 2.75) is 32.9 Å². The average molecular weight is 267 g/mol. The number of fused-ring (bicyclic) bond motifs is 1. The van der Waals surface area contributed by atoms with Gasteiger partial charge in [-0.3, -0.25) is 4.98 Å². The first-order valence-corrected chi connectivity index (χ1v) is 7.30. The largest absolute Gasteiger partial charge is 0.385 e. The smallest absolute Gasteiger partial charge is 0.0570 e. The minimum Gasteiger partial charge on any atom is -0.385 e. The molecular formula is C17H21N3. The van der Waals surface area contributed by atoms with Crippen molar-refractivity contribution in [3.63, 3.8) is 0 Å². The number of nitrogens with zero attached hydrogens (tertiary/aromatic N) is 1. The van der Waals surface area contributed by atoms with Crippen LogP contribution in [0.15, 0.2) is 36.5 Å². The Morgan fingerprint density at radius 1 is 1.20 bits per heavy atom. The molecule has 0 saturated heterocycles. The fraction of sp³-hybridized carbons (Fsp3) is 0.353. The zero-order valence-corrected chi connectivity index (χ0v) is 11.9.